The first kappa shape index (κ1) is 16.1. The molecule has 1 unspecified atom stereocenters. The van der Waals surface area contributed by atoms with Crippen LogP contribution >= 0.6 is 0 Å². The summed E-state index contributed by atoms with van der Waals surface area (Å²) < 4.78 is 11.0. The molecule has 5 N–H and O–H groups in total. The van der Waals surface area contributed by atoms with Crippen LogP contribution in [-0.2, 0) is 6.42 Å². The molecule has 3 aromatic rings. The van der Waals surface area contributed by atoms with E-state index in [0.717, 1.165) is 6.07 Å². The molecule has 2 heterocycles. The van der Waals surface area contributed by atoms with Crippen molar-refractivity contribution in [3.05, 3.63) is 40.1 Å². The van der Waals surface area contributed by atoms with E-state index in [1.165, 1.54) is 18.2 Å². The Hall–Kier alpha value is -3.39. The number of aliphatic hydroxyl groups excluding tert-OH is 1. The highest BCUT2D eigenvalue weighted by Gasteiger charge is 2.27. The van der Waals surface area contributed by atoms with Crippen molar-refractivity contribution < 1.29 is 34.7 Å². The van der Waals surface area contributed by atoms with Crippen LogP contribution in [-0.4, -0.2) is 31.8 Å². The molecule has 8 nitrogen and oxygen atoms in total. The molecular weight excluding hydrogens is 344 g/mol. The molecule has 0 saturated carbocycles. The molecule has 1 aromatic heterocycles. The summed E-state index contributed by atoms with van der Waals surface area (Å²) in [5, 5.41) is 48.9. The molecule has 8 heteroatoms. The van der Waals surface area contributed by atoms with Gasteiger partial charge in [-0.2, -0.15) is 0 Å². The van der Waals surface area contributed by atoms with Crippen molar-refractivity contribution in [3.63, 3.8) is 0 Å². The zero-order valence-corrected chi connectivity index (χ0v) is 13.3. The quantitative estimate of drug-likeness (QED) is 0.416. The molecule has 0 amide bonds. The number of fused-ring (bicyclic) bond motifs is 3. The summed E-state index contributed by atoms with van der Waals surface area (Å²) in [6, 6.07) is 4.87. The van der Waals surface area contributed by atoms with Crippen LogP contribution in [0, 0.1) is 0 Å². The lowest BCUT2D eigenvalue weighted by Crippen LogP contribution is -2.22. The Morgan fingerprint density at radius 1 is 1.00 bits per heavy atom. The van der Waals surface area contributed by atoms with Crippen LogP contribution in [0.25, 0.3) is 22.3 Å². The Morgan fingerprint density at radius 2 is 1.77 bits per heavy atom. The molecule has 0 saturated heterocycles. The maximum absolute atomic E-state index is 12.6. The third-order valence-corrected chi connectivity index (χ3v) is 4.33. The number of aliphatic hydroxyl groups is 1. The highest BCUT2D eigenvalue weighted by molar-refractivity contribution is 5.91. The maximum Gasteiger partial charge on any atom is 0.238 e. The van der Waals surface area contributed by atoms with Crippen molar-refractivity contribution in [2.45, 2.75) is 19.1 Å². The Kier molecular flexibility index (Phi) is 3.45. The van der Waals surface area contributed by atoms with Crippen molar-refractivity contribution in [2.24, 2.45) is 0 Å². The second kappa shape index (κ2) is 5.57. The van der Waals surface area contributed by atoms with Gasteiger partial charge in [-0.15, -0.1) is 0 Å². The number of hydrogen-bond donors (Lipinski definition) is 5. The average molecular weight is 358 g/mol. The monoisotopic (exact) mass is 358 g/mol. The van der Waals surface area contributed by atoms with E-state index in [4.69, 9.17) is 9.15 Å². The Morgan fingerprint density at radius 3 is 2.50 bits per heavy atom. The van der Waals surface area contributed by atoms with Gasteiger partial charge in [0, 0.05) is 23.6 Å². The van der Waals surface area contributed by atoms with E-state index in [0.29, 0.717) is 12.0 Å². The van der Waals surface area contributed by atoms with Crippen molar-refractivity contribution in [2.75, 3.05) is 0 Å². The van der Waals surface area contributed by atoms with Gasteiger partial charge in [0.05, 0.1) is 0 Å². The molecule has 0 bridgehead atoms. The molecule has 26 heavy (non-hydrogen) atoms. The highest BCUT2D eigenvalue weighted by Crippen LogP contribution is 2.42. The fourth-order valence-corrected chi connectivity index (χ4v) is 3.04. The SMILES string of the molecule is O=c1c(O)c(-c2ccc(O)c(O)c2)oc2c3c(cc(O)c12)OC(O)CC3. The van der Waals surface area contributed by atoms with Crippen molar-refractivity contribution in [3.8, 4) is 40.1 Å². The van der Waals surface area contributed by atoms with E-state index >= 15 is 0 Å². The highest BCUT2D eigenvalue weighted by atomic mass is 16.6. The summed E-state index contributed by atoms with van der Waals surface area (Å²) in [6.07, 6.45) is -0.426. The first-order valence-corrected chi connectivity index (χ1v) is 7.78. The fourth-order valence-electron chi connectivity index (χ4n) is 3.04. The number of aromatic hydroxyl groups is 4. The molecule has 4 rings (SSSR count). The predicted molar refractivity (Wildman–Crippen MR) is 89.5 cm³/mol. The third-order valence-electron chi connectivity index (χ3n) is 4.33. The van der Waals surface area contributed by atoms with Gasteiger partial charge in [0.25, 0.3) is 0 Å². The van der Waals surface area contributed by atoms with E-state index in [1.807, 2.05) is 0 Å². The summed E-state index contributed by atoms with van der Waals surface area (Å²) in [6.45, 7) is 0. The summed E-state index contributed by atoms with van der Waals surface area (Å²) in [5.74, 6) is -2.05. The largest absolute Gasteiger partial charge is 0.507 e. The Bertz CT molecular complexity index is 1100. The van der Waals surface area contributed by atoms with Gasteiger partial charge in [0.1, 0.15) is 22.5 Å². The molecule has 134 valence electrons. The number of phenols is 3. The van der Waals surface area contributed by atoms with E-state index in [9.17, 15) is 30.3 Å². The minimum Gasteiger partial charge on any atom is -0.507 e. The molecular formula is C18H14O8. The third kappa shape index (κ3) is 2.31. The van der Waals surface area contributed by atoms with E-state index < -0.39 is 29.0 Å². The van der Waals surface area contributed by atoms with Gasteiger partial charge in [0.15, 0.2) is 23.5 Å². The zero-order valence-electron chi connectivity index (χ0n) is 13.3. The van der Waals surface area contributed by atoms with Gasteiger partial charge in [-0.3, -0.25) is 4.79 Å². The average Bonchev–Trinajstić information content (AvgIpc) is 2.59. The molecule has 0 radical (unpaired) electrons. The summed E-state index contributed by atoms with van der Waals surface area (Å²) in [5.41, 5.74) is -0.187. The molecule has 1 aliphatic heterocycles. The smallest absolute Gasteiger partial charge is 0.238 e. The lowest BCUT2D eigenvalue weighted by Gasteiger charge is -2.23. The number of aryl methyl sites for hydroxylation is 1. The van der Waals surface area contributed by atoms with Gasteiger partial charge in [0.2, 0.25) is 11.2 Å². The first-order valence-electron chi connectivity index (χ1n) is 7.78. The molecule has 0 fully saturated rings. The van der Waals surface area contributed by atoms with Crippen molar-refractivity contribution in [1.82, 2.24) is 0 Å². The zero-order chi connectivity index (χ0) is 18.6. The molecule has 1 atom stereocenters. The van der Waals surface area contributed by atoms with Crippen LogP contribution in [0.1, 0.15) is 12.0 Å². The lowest BCUT2D eigenvalue weighted by atomic mass is 10.0. The summed E-state index contributed by atoms with van der Waals surface area (Å²) in [4.78, 5) is 12.6. The maximum atomic E-state index is 12.6. The lowest BCUT2D eigenvalue weighted by molar-refractivity contribution is -0.0315. The topological polar surface area (TPSA) is 141 Å². The van der Waals surface area contributed by atoms with Crippen LogP contribution in [0.4, 0.5) is 0 Å². The minimum atomic E-state index is -1.03. The van der Waals surface area contributed by atoms with Crippen molar-refractivity contribution >= 4 is 11.0 Å². The van der Waals surface area contributed by atoms with Crippen LogP contribution < -0.4 is 10.2 Å². The van der Waals surface area contributed by atoms with Crippen LogP contribution in [0.3, 0.4) is 0 Å². The minimum absolute atomic E-state index is 0.0252. The molecule has 2 aromatic carbocycles. The summed E-state index contributed by atoms with van der Waals surface area (Å²) in [7, 11) is 0. The molecule has 1 aliphatic rings. The Labute approximate surface area is 145 Å². The van der Waals surface area contributed by atoms with E-state index in [2.05, 4.69) is 0 Å². The number of ether oxygens (including phenoxy) is 1. The number of benzene rings is 2. The molecule has 0 aliphatic carbocycles. The fraction of sp³-hybridized carbons (Fsp3) is 0.167. The predicted octanol–water partition coefficient (Wildman–Crippen LogP) is 1.93. The number of phenolic OH excluding ortho intramolecular Hbond substituents is 3. The van der Waals surface area contributed by atoms with Gasteiger partial charge < -0.3 is 34.7 Å². The van der Waals surface area contributed by atoms with Crippen molar-refractivity contribution in [1.29, 1.82) is 0 Å². The van der Waals surface area contributed by atoms with Gasteiger partial charge >= 0.3 is 0 Å². The van der Waals surface area contributed by atoms with Gasteiger partial charge in [-0.05, 0) is 24.6 Å². The first-order chi connectivity index (χ1) is 12.4. The van der Waals surface area contributed by atoms with Crippen LogP contribution in [0.5, 0.6) is 28.7 Å². The normalized spacial score (nSPS) is 16.3. The second-order valence-electron chi connectivity index (χ2n) is 6.00. The standard InChI is InChI=1S/C18H14O8/c19-9-3-1-7(5-10(9)20)17-16(24)15(23)14-11(21)6-12-8(18(14)26-17)2-4-13(22)25-12/h1,3,5-6,13,19-22,24H,2,4H2. The summed E-state index contributed by atoms with van der Waals surface area (Å²) >= 11 is 0. The van der Waals surface area contributed by atoms with Gasteiger partial charge in [-0.25, -0.2) is 0 Å². The van der Waals surface area contributed by atoms with Crippen LogP contribution in [0.15, 0.2) is 33.5 Å². The molecule has 0 spiro atoms. The van der Waals surface area contributed by atoms with E-state index in [1.54, 1.807) is 0 Å². The van der Waals surface area contributed by atoms with E-state index in [-0.39, 0.29) is 40.2 Å². The number of hydrogen-bond acceptors (Lipinski definition) is 8. The van der Waals surface area contributed by atoms with Crippen LogP contribution in [0.2, 0.25) is 0 Å². The van der Waals surface area contributed by atoms with Gasteiger partial charge in [-0.1, -0.05) is 0 Å². The Balaban J connectivity index is 2.05. The number of rotatable bonds is 1. The second-order valence-corrected chi connectivity index (χ2v) is 6.00.